The smallest absolute Gasteiger partial charge is 0.265 e. The van der Waals surface area contributed by atoms with Gasteiger partial charge in [0.15, 0.2) is 0 Å². The third-order valence-corrected chi connectivity index (χ3v) is 5.97. The summed E-state index contributed by atoms with van der Waals surface area (Å²) in [7, 11) is -4.24. The van der Waals surface area contributed by atoms with Crippen molar-refractivity contribution in [1.29, 1.82) is 0 Å². The Morgan fingerprint density at radius 3 is 2.25 bits per heavy atom. The van der Waals surface area contributed by atoms with Crippen molar-refractivity contribution >= 4 is 55.8 Å². The summed E-state index contributed by atoms with van der Waals surface area (Å²) < 4.78 is 39.7. The molecule has 2 aromatic rings. The van der Waals surface area contributed by atoms with E-state index in [1.165, 1.54) is 25.1 Å². The van der Waals surface area contributed by atoms with Crippen LogP contribution in [0.15, 0.2) is 47.4 Å². The van der Waals surface area contributed by atoms with Crippen LogP contribution in [0.3, 0.4) is 0 Å². The minimum Gasteiger partial charge on any atom is -0.279 e. The maximum absolute atomic E-state index is 13.1. The number of sulfonamides is 1. The van der Waals surface area contributed by atoms with Gasteiger partial charge in [-0.3, -0.25) is 9.10 Å². The second kappa shape index (κ2) is 7.27. The quantitative estimate of drug-likeness (QED) is 0.683. The van der Waals surface area contributed by atoms with Gasteiger partial charge in [0.1, 0.15) is 11.9 Å². The summed E-state index contributed by atoms with van der Waals surface area (Å²) >= 11 is 17.5. The van der Waals surface area contributed by atoms with E-state index in [-0.39, 0.29) is 20.6 Å². The van der Waals surface area contributed by atoms with Gasteiger partial charge in [0.05, 0.1) is 15.6 Å². The molecule has 2 aromatic carbocycles. The molecule has 0 aliphatic carbocycles. The maximum atomic E-state index is 13.1. The van der Waals surface area contributed by atoms with Crippen molar-refractivity contribution in [2.24, 2.45) is 0 Å². The summed E-state index contributed by atoms with van der Waals surface area (Å²) in [4.78, 5) is 11.4. The standard InChI is InChI=1S/C15H11Cl3FNO3S/c1-9(15(18)21)20(14-8-10(16)2-7-13(14)17)24(22,23)12-5-3-11(19)4-6-12/h2-9H,1H3. The van der Waals surface area contributed by atoms with Crippen LogP contribution in [0.4, 0.5) is 10.1 Å². The molecule has 0 aliphatic heterocycles. The Kier molecular flexibility index (Phi) is 5.75. The zero-order valence-corrected chi connectivity index (χ0v) is 15.3. The molecule has 0 saturated carbocycles. The van der Waals surface area contributed by atoms with Gasteiger partial charge in [-0.1, -0.05) is 23.2 Å². The molecule has 0 amide bonds. The summed E-state index contributed by atoms with van der Waals surface area (Å²) in [6, 6.07) is 7.10. The first kappa shape index (κ1) is 19.0. The minimum absolute atomic E-state index is 0.00464. The fourth-order valence-electron chi connectivity index (χ4n) is 2.01. The number of rotatable bonds is 5. The zero-order chi connectivity index (χ0) is 18.1. The Labute approximate surface area is 153 Å². The Morgan fingerprint density at radius 2 is 1.71 bits per heavy atom. The lowest BCUT2D eigenvalue weighted by Crippen LogP contribution is -2.42. The number of benzene rings is 2. The first-order chi connectivity index (χ1) is 11.1. The van der Waals surface area contributed by atoms with Crippen LogP contribution in [0.1, 0.15) is 6.92 Å². The summed E-state index contributed by atoms with van der Waals surface area (Å²) in [6.07, 6.45) is 0. The van der Waals surface area contributed by atoms with Crippen LogP contribution in [-0.4, -0.2) is 19.7 Å². The Morgan fingerprint density at radius 1 is 1.12 bits per heavy atom. The number of carbonyl (C=O) groups excluding carboxylic acids is 1. The predicted molar refractivity (Wildman–Crippen MR) is 92.8 cm³/mol. The number of carbonyl (C=O) groups is 1. The van der Waals surface area contributed by atoms with Gasteiger partial charge >= 0.3 is 0 Å². The number of halogens is 4. The van der Waals surface area contributed by atoms with Gasteiger partial charge in [-0.2, -0.15) is 0 Å². The molecule has 0 radical (unpaired) electrons. The third-order valence-electron chi connectivity index (χ3n) is 3.20. The lowest BCUT2D eigenvalue weighted by Gasteiger charge is -2.29. The van der Waals surface area contributed by atoms with E-state index in [9.17, 15) is 17.6 Å². The minimum atomic E-state index is -4.24. The molecule has 9 heteroatoms. The van der Waals surface area contributed by atoms with Crippen LogP contribution in [0.5, 0.6) is 0 Å². The Bertz CT molecular complexity index is 872. The fraction of sp³-hybridized carbons (Fsp3) is 0.133. The molecule has 0 spiro atoms. The summed E-state index contributed by atoms with van der Waals surface area (Å²) in [6.45, 7) is 1.31. The molecule has 2 rings (SSSR count). The van der Waals surface area contributed by atoms with Crippen LogP contribution in [0.2, 0.25) is 10.0 Å². The van der Waals surface area contributed by atoms with Crippen molar-refractivity contribution in [3.63, 3.8) is 0 Å². The molecule has 4 nitrogen and oxygen atoms in total. The van der Waals surface area contributed by atoms with Crippen molar-refractivity contribution in [2.75, 3.05) is 4.31 Å². The summed E-state index contributed by atoms with van der Waals surface area (Å²) in [5.41, 5.74) is -0.00464. The molecule has 0 aliphatic rings. The lowest BCUT2D eigenvalue weighted by molar-refractivity contribution is -0.112. The molecule has 1 atom stereocenters. The van der Waals surface area contributed by atoms with E-state index >= 15 is 0 Å². The van der Waals surface area contributed by atoms with E-state index in [1.807, 2.05) is 0 Å². The predicted octanol–water partition coefficient (Wildman–Crippen LogP) is 4.48. The molecule has 0 heterocycles. The molecular formula is C15H11Cl3FNO3S. The van der Waals surface area contributed by atoms with Crippen LogP contribution < -0.4 is 4.31 Å². The molecule has 0 saturated heterocycles. The highest BCUT2D eigenvalue weighted by Crippen LogP contribution is 2.35. The van der Waals surface area contributed by atoms with E-state index in [4.69, 9.17) is 34.8 Å². The SMILES string of the molecule is CC(C(=O)Cl)N(c1cc(Cl)ccc1Cl)S(=O)(=O)c1ccc(F)cc1. The molecule has 0 bridgehead atoms. The highest BCUT2D eigenvalue weighted by atomic mass is 35.5. The Balaban J connectivity index is 2.68. The molecule has 128 valence electrons. The number of hydrogen-bond acceptors (Lipinski definition) is 3. The largest absolute Gasteiger partial charge is 0.279 e. The molecule has 0 aromatic heterocycles. The average Bonchev–Trinajstić information content (AvgIpc) is 2.51. The first-order valence-corrected chi connectivity index (χ1v) is 9.16. The highest BCUT2D eigenvalue weighted by Gasteiger charge is 2.34. The third kappa shape index (κ3) is 3.83. The number of hydrogen-bond donors (Lipinski definition) is 0. The number of nitrogens with zero attached hydrogens (tertiary/aromatic N) is 1. The van der Waals surface area contributed by atoms with E-state index < -0.39 is 27.1 Å². The topological polar surface area (TPSA) is 54.5 Å². The summed E-state index contributed by atoms with van der Waals surface area (Å²) in [5, 5.41) is -0.616. The second-order valence-corrected chi connectivity index (χ2v) is 7.86. The average molecular weight is 411 g/mol. The van der Waals surface area contributed by atoms with Gasteiger partial charge in [-0.05, 0) is 61.0 Å². The lowest BCUT2D eigenvalue weighted by atomic mass is 10.3. The van der Waals surface area contributed by atoms with Crippen molar-refractivity contribution in [2.45, 2.75) is 17.9 Å². The monoisotopic (exact) mass is 409 g/mol. The van der Waals surface area contributed by atoms with E-state index in [0.717, 1.165) is 28.6 Å². The number of anilines is 1. The first-order valence-electron chi connectivity index (χ1n) is 6.59. The molecular weight excluding hydrogens is 400 g/mol. The van der Waals surface area contributed by atoms with Crippen molar-refractivity contribution in [1.82, 2.24) is 0 Å². The van der Waals surface area contributed by atoms with Gasteiger partial charge in [0.25, 0.3) is 10.0 Å². The molecule has 0 fully saturated rings. The van der Waals surface area contributed by atoms with Gasteiger partial charge < -0.3 is 0 Å². The Hall–Kier alpha value is -1.34. The van der Waals surface area contributed by atoms with Crippen molar-refractivity contribution < 1.29 is 17.6 Å². The second-order valence-electron chi connectivity index (χ2n) is 4.83. The van der Waals surface area contributed by atoms with Gasteiger partial charge in [-0.15, -0.1) is 0 Å². The highest BCUT2D eigenvalue weighted by molar-refractivity contribution is 7.93. The van der Waals surface area contributed by atoms with Crippen LogP contribution >= 0.6 is 34.8 Å². The van der Waals surface area contributed by atoms with E-state index in [0.29, 0.717) is 0 Å². The van der Waals surface area contributed by atoms with Crippen molar-refractivity contribution in [3.05, 3.63) is 58.3 Å². The van der Waals surface area contributed by atoms with Gasteiger partial charge in [0.2, 0.25) is 5.24 Å². The normalized spacial score (nSPS) is 12.7. The van der Waals surface area contributed by atoms with E-state index in [1.54, 1.807) is 0 Å². The maximum Gasteiger partial charge on any atom is 0.265 e. The van der Waals surface area contributed by atoms with Crippen LogP contribution in [-0.2, 0) is 14.8 Å². The fourth-order valence-corrected chi connectivity index (χ4v) is 4.22. The summed E-state index contributed by atoms with van der Waals surface area (Å²) in [5.74, 6) is -0.595. The van der Waals surface area contributed by atoms with Gasteiger partial charge in [-0.25, -0.2) is 12.8 Å². The zero-order valence-electron chi connectivity index (χ0n) is 12.2. The van der Waals surface area contributed by atoms with Crippen molar-refractivity contribution in [3.8, 4) is 0 Å². The molecule has 24 heavy (non-hydrogen) atoms. The molecule has 0 N–H and O–H groups in total. The molecule has 1 unspecified atom stereocenters. The van der Waals surface area contributed by atoms with Gasteiger partial charge in [0, 0.05) is 5.02 Å². The van der Waals surface area contributed by atoms with Crippen LogP contribution in [0, 0.1) is 5.82 Å². The van der Waals surface area contributed by atoms with Crippen LogP contribution in [0.25, 0.3) is 0 Å². The van der Waals surface area contributed by atoms with E-state index in [2.05, 4.69) is 0 Å².